The lowest BCUT2D eigenvalue weighted by atomic mass is 9.88. The molecular formula is C14H18N2O2S. The minimum Gasteiger partial charge on any atom is -0.353 e. The van der Waals surface area contributed by atoms with Crippen molar-refractivity contribution in [2.75, 3.05) is 19.6 Å². The molecule has 19 heavy (non-hydrogen) atoms. The van der Waals surface area contributed by atoms with Crippen LogP contribution in [0.3, 0.4) is 0 Å². The van der Waals surface area contributed by atoms with Crippen LogP contribution in [-0.2, 0) is 17.6 Å². The monoisotopic (exact) mass is 278 g/mol. The second-order valence-corrected chi connectivity index (χ2v) is 6.44. The minimum absolute atomic E-state index is 0.0295. The van der Waals surface area contributed by atoms with Gasteiger partial charge < -0.3 is 10.2 Å². The molecule has 4 nitrogen and oxygen atoms in total. The number of carbonyl (C=O) groups is 2. The average Bonchev–Trinajstić information content (AvgIpc) is 2.80. The van der Waals surface area contributed by atoms with Gasteiger partial charge in [-0.25, -0.2) is 0 Å². The predicted octanol–water partition coefficient (Wildman–Crippen LogP) is 1.44. The average molecular weight is 278 g/mol. The van der Waals surface area contributed by atoms with Gasteiger partial charge in [0.1, 0.15) is 0 Å². The Labute approximate surface area is 116 Å². The van der Waals surface area contributed by atoms with Crippen molar-refractivity contribution in [3.05, 3.63) is 21.4 Å². The van der Waals surface area contributed by atoms with Gasteiger partial charge in [-0.1, -0.05) is 6.92 Å². The van der Waals surface area contributed by atoms with Crippen molar-refractivity contribution < 1.29 is 9.59 Å². The highest BCUT2D eigenvalue weighted by Crippen LogP contribution is 2.33. The molecule has 1 atom stereocenters. The first-order chi connectivity index (χ1) is 9.15. The van der Waals surface area contributed by atoms with E-state index in [1.807, 2.05) is 5.38 Å². The smallest absolute Gasteiger partial charge is 0.255 e. The summed E-state index contributed by atoms with van der Waals surface area (Å²) < 4.78 is 0. The fourth-order valence-corrected chi connectivity index (χ4v) is 4.08. The van der Waals surface area contributed by atoms with E-state index in [-0.39, 0.29) is 18.4 Å². The maximum absolute atomic E-state index is 12.5. The van der Waals surface area contributed by atoms with Crippen molar-refractivity contribution in [1.82, 2.24) is 10.2 Å². The zero-order chi connectivity index (χ0) is 13.4. The maximum Gasteiger partial charge on any atom is 0.255 e. The lowest BCUT2D eigenvalue weighted by Gasteiger charge is -2.27. The molecule has 1 saturated heterocycles. The van der Waals surface area contributed by atoms with E-state index >= 15 is 0 Å². The third-order valence-corrected chi connectivity index (χ3v) is 5.01. The Kier molecular flexibility index (Phi) is 3.31. The molecule has 1 fully saturated rings. The summed E-state index contributed by atoms with van der Waals surface area (Å²) in [4.78, 5) is 26.9. The van der Waals surface area contributed by atoms with E-state index in [1.165, 1.54) is 10.4 Å². The van der Waals surface area contributed by atoms with E-state index in [9.17, 15) is 9.59 Å². The highest BCUT2D eigenvalue weighted by molar-refractivity contribution is 7.10. The SMILES string of the molecule is CC1CCc2c(C(=O)N3CCNC(=O)C3)csc2C1. The first kappa shape index (κ1) is 12.7. The molecule has 0 saturated carbocycles. The number of fused-ring (bicyclic) bond motifs is 1. The molecule has 3 rings (SSSR count). The molecule has 0 aromatic carbocycles. The van der Waals surface area contributed by atoms with Crippen molar-refractivity contribution >= 4 is 23.2 Å². The summed E-state index contributed by atoms with van der Waals surface area (Å²) in [5.41, 5.74) is 2.07. The number of hydrogen-bond donors (Lipinski definition) is 1. The van der Waals surface area contributed by atoms with Crippen LogP contribution < -0.4 is 5.32 Å². The number of amides is 2. The quantitative estimate of drug-likeness (QED) is 0.845. The van der Waals surface area contributed by atoms with Gasteiger partial charge in [0.05, 0.1) is 12.1 Å². The largest absolute Gasteiger partial charge is 0.353 e. The van der Waals surface area contributed by atoms with E-state index in [1.54, 1.807) is 16.2 Å². The molecule has 1 aliphatic heterocycles. The summed E-state index contributed by atoms with van der Waals surface area (Å²) >= 11 is 1.70. The van der Waals surface area contributed by atoms with Crippen LogP contribution in [0.4, 0.5) is 0 Å². The molecule has 0 radical (unpaired) electrons. The number of carbonyl (C=O) groups excluding carboxylic acids is 2. The molecule has 2 aliphatic rings. The summed E-state index contributed by atoms with van der Waals surface area (Å²) in [6, 6.07) is 0. The third kappa shape index (κ3) is 2.39. The van der Waals surface area contributed by atoms with Crippen LogP contribution in [0.2, 0.25) is 0 Å². The third-order valence-electron chi connectivity index (χ3n) is 3.96. The minimum atomic E-state index is -0.0580. The van der Waals surface area contributed by atoms with Gasteiger partial charge in [-0.2, -0.15) is 0 Å². The van der Waals surface area contributed by atoms with Crippen LogP contribution in [0.1, 0.15) is 34.1 Å². The summed E-state index contributed by atoms with van der Waals surface area (Å²) in [5, 5.41) is 4.73. The van der Waals surface area contributed by atoms with Gasteiger partial charge in [0, 0.05) is 23.3 Å². The summed E-state index contributed by atoms with van der Waals surface area (Å²) in [6.07, 6.45) is 3.25. The Balaban J connectivity index is 1.82. The number of thiophene rings is 1. The molecule has 0 spiro atoms. The normalized spacial score (nSPS) is 22.9. The van der Waals surface area contributed by atoms with Crippen molar-refractivity contribution in [1.29, 1.82) is 0 Å². The Morgan fingerprint density at radius 3 is 3.16 bits per heavy atom. The summed E-state index contributed by atoms with van der Waals surface area (Å²) in [5.74, 6) is 0.689. The maximum atomic E-state index is 12.5. The molecule has 5 heteroatoms. The van der Waals surface area contributed by atoms with Crippen LogP contribution in [0.25, 0.3) is 0 Å². The van der Waals surface area contributed by atoms with Gasteiger partial charge in [0.25, 0.3) is 5.91 Å². The first-order valence-electron chi connectivity index (χ1n) is 6.80. The molecule has 2 heterocycles. The molecular weight excluding hydrogens is 260 g/mol. The van der Waals surface area contributed by atoms with E-state index in [4.69, 9.17) is 0 Å². The van der Waals surface area contributed by atoms with Gasteiger partial charge >= 0.3 is 0 Å². The van der Waals surface area contributed by atoms with Gasteiger partial charge in [0.15, 0.2) is 0 Å². The van der Waals surface area contributed by atoms with Crippen LogP contribution in [0.15, 0.2) is 5.38 Å². The van der Waals surface area contributed by atoms with E-state index in [0.29, 0.717) is 13.1 Å². The zero-order valence-corrected chi connectivity index (χ0v) is 11.9. The molecule has 1 N–H and O–H groups in total. The highest BCUT2D eigenvalue weighted by Gasteiger charge is 2.28. The second-order valence-electron chi connectivity index (χ2n) is 5.48. The lowest BCUT2D eigenvalue weighted by molar-refractivity contribution is -0.123. The van der Waals surface area contributed by atoms with Gasteiger partial charge in [-0.05, 0) is 30.7 Å². The molecule has 1 aliphatic carbocycles. The Bertz CT molecular complexity index is 524. The zero-order valence-electron chi connectivity index (χ0n) is 11.1. The van der Waals surface area contributed by atoms with Gasteiger partial charge in [-0.3, -0.25) is 9.59 Å². The highest BCUT2D eigenvalue weighted by atomic mass is 32.1. The van der Waals surface area contributed by atoms with Gasteiger partial charge in [-0.15, -0.1) is 11.3 Å². The topological polar surface area (TPSA) is 49.4 Å². The number of nitrogens with one attached hydrogen (secondary N) is 1. The Morgan fingerprint density at radius 1 is 1.53 bits per heavy atom. The molecule has 0 bridgehead atoms. The summed E-state index contributed by atoms with van der Waals surface area (Å²) in [7, 11) is 0. The molecule has 2 amide bonds. The van der Waals surface area contributed by atoms with Crippen LogP contribution in [0, 0.1) is 5.92 Å². The van der Waals surface area contributed by atoms with Crippen molar-refractivity contribution in [3.63, 3.8) is 0 Å². The number of piperazine rings is 1. The standard InChI is InChI=1S/C14H18N2O2S/c1-9-2-3-10-11(8-19-12(10)6-9)14(18)16-5-4-15-13(17)7-16/h8-9H,2-7H2,1H3,(H,15,17). The first-order valence-corrected chi connectivity index (χ1v) is 7.68. The lowest BCUT2D eigenvalue weighted by Crippen LogP contribution is -2.50. The van der Waals surface area contributed by atoms with Crippen molar-refractivity contribution in [2.24, 2.45) is 5.92 Å². The molecule has 102 valence electrons. The molecule has 1 aromatic rings. The fourth-order valence-electron chi connectivity index (χ4n) is 2.84. The van der Waals surface area contributed by atoms with Crippen molar-refractivity contribution in [3.8, 4) is 0 Å². The Morgan fingerprint density at radius 2 is 2.37 bits per heavy atom. The fraction of sp³-hybridized carbons (Fsp3) is 0.571. The predicted molar refractivity (Wildman–Crippen MR) is 74.4 cm³/mol. The van der Waals surface area contributed by atoms with Crippen LogP contribution in [0.5, 0.6) is 0 Å². The Hall–Kier alpha value is -1.36. The number of hydrogen-bond acceptors (Lipinski definition) is 3. The number of nitrogens with zero attached hydrogens (tertiary/aromatic N) is 1. The van der Waals surface area contributed by atoms with E-state index < -0.39 is 0 Å². The van der Waals surface area contributed by atoms with Crippen LogP contribution in [-0.4, -0.2) is 36.3 Å². The summed E-state index contributed by atoms with van der Waals surface area (Å²) in [6.45, 7) is 3.64. The number of rotatable bonds is 1. The van der Waals surface area contributed by atoms with Crippen LogP contribution >= 0.6 is 11.3 Å². The molecule has 1 aromatic heterocycles. The van der Waals surface area contributed by atoms with Crippen molar-refractivity contribution in [2.45, 2.75) is 26.2 Å². The van der Waals surface area contributed by atoms with E-state index in [2.05, 4.69) is 12.2 Å². The molecule has 1 unspecified atom stereocenters. The van der Waals surface area contributed by atoms with Gasteiger partial charge in [0.2, 0.25) is 5.91 Å². The second kappa shape index (κ2) is 4.96. The van der Waals surface area contributed by atoms with E-state index in [0.717, 1.165) is 30.7 Å².